The monoisotopic (exact) mass is 394 g/mol. The van der Waals surface area contributed by atoms with Gasteiger partial charge in [-0.05, 0) is 34.4 Å². The first-order valence-electron chi connectivity index (χ1n) is 10.5. The Kier molecular flexibility index (Phi) is 4.28. The number of carbonyl (C=O) groups is 1. The third kappa shape index (κ3) is 2.77. The number of benzene rings is 3. The molecule has 1 fully saturated rings. The lowest BCUT2D eigenvalue weighted by Crippen LogP contribution is -2.68. The smallest absolute Gasteiger partial charge is 0.223 e. The Morgan fingerprint density at radius 2 is 1.53 bits per heavy atom. The van der Waals surface area contributed by atoms with Crippen molar-refractivity contribution in [2.45, 2.75) is 31.3 Å². The van der Waals surface area contributed by atoms with E-state index >= 15 is 0 Å². The van der Waals surface area contributed by atoms with Crippen LogP contribution in [0.1, 0.15) is 31.4 Å². The lowest BCUT2D eigenvalue weighted by molar-refractivity contribution is -0.124. The molecular formula is C27H26N2O. The van der Waals surface area contributed by atoms with Crippen molar-refractivity contribution < 1.29 is 4.79 Å². The molecule has 0 bridgehead atoms. The summed E-state index contributed by atoms with van der Waals surface area (Å²) in [5.41, 5.74) is 5.21. The van der Waals surface area contributed by atoms with Crippen molar-refractivity contribution in [2.24, 2.45) is 0 Å². The number of hydrogen-bond acceptors (Lipinski definition) is 2. The highest BCUT2D eigenvalue weighted by atomic mass is 16.2. The van der Waals surface area contributed by atoms with E-state index in [0.29, 0.717) is 6.42 Å². The molecule has 2 aliphatic heterocycles. The molecule has 30 heavy (non-hydrogen) atoms. The number of anilines is 1. The van der Waals surface area contributed by atoms with Gasteiger partial charge in [-0.2, -0.15) is 0 Å². The van der Waals surface area contributed by atoms with E-state index in [2.05, 4.69) is 109 Å². The number of rotatable bonds is 3. The summed E-state index contributed by atoms with van der Waals surface area (Å²) in [7, 11) is 0. The fraction of sp³-hybridized carbons (Fsp3) is 0.222. The van der Waals surface area contributed by atoms with E-state index in [4.69, 9.17) is 0 Å². The largest absolute Gasteiger partial charge is 0.344 e. The zero-order valence-electron chi connectivity index (χ0n) is 17.4. The standard InChI is InChI=1S/C27H26N2O/c1-26(2)23-10-6-7-11-24(23)29-19-17-25(30)28-27(26,29)18-16-20-12-14-22(15-13-20)21-8-4-3-5-9-21/h3-16,18H,17,19H2,1-2H3,(H,28,30)/b18-16+/t27-/m0/s1. The van der Waals surface area contributed by atoms with Crippen molar-refractivity contribution in [3.63, 3.8) is 0 Å². The molecule has 1 amide bonds. The molecule has 2 aliphatic rings. The van der Waals surface area contributed by atoms with Gasteiger partial charge in [0.1, 0.15) is 5.66 Å². The van der Waals surface area contributed by atoms with Crippen LogP contribution in [0.25, 0.3) is 17.2 Å². The van der Waals surface area contributed by atoms with Gasteiger partial charge in [0.15, 0.2) is 0 Å². The molecule has 150 valence electrons. The van der Waals surface area contributed by atoms with Gasteiger partial charge in [-0.1, -0.05) is 92.7 Å². The zero-order chi connectivity index (χ0) is 20.8. The molecule has 2 heterocycles. The third-order valence-electron chi connectivity index (χ3n) is 6.67. The molecule has 0 aromatic heterocycles. The molecule has 1 saturated heterocycles. The quantitative estimate of drug-likeness (QED) is 0.647. The molecule has 3 aromatic carbocycles. The second kappa shape index (κ2) is 6.88. The molecule has 0 saturated carbocycles. The van der Waals surface area contributed by atoms with Gasteiger partial charge < -0.3 is 10.2 Å². The van der Waals surface area contributed by atoms with Gasteiger partial charge in [-0.15, -0.1) is 0 Å². The number of hydrogen-bond donors (Lipinski definition) is 1. The van der Waals surface area contributed by atoms with Gasteiger partial charge in [0, 0.05) is 24.1 Å². The van der Waals surface area contributed by atoms with Crippen molar-refractivity contribution in [2.75, 3.05) is 11.4 Å². The van der Waals surface area contributed by atoms with E-state index in [-0.39, 0.29) is 11.3 Å². The van der Waals surface area contributed by atoms with E-state index in [0.717, 1.165) is 12.1 Å². The number of nitrogens with zero attached hydrogens (tertiary/aromatic N) is 1. The predicted molar refractivity (Wildman–Crippen MR) is 123 cm³/mol. The maximum Gasteiger partial charge on any atom is 0.223 e. The van der Waals surface area contributed by atoms with Gasteiger partial charge >= 0.3 is 0 Å². The van der Waals surface area contributed by atoms with Gasteiger partial charge in [-0.25, -0.2) is 0 Å². The maximum atomic E-state index is 12.5. The van der Waals surface area contributed by atoms with Gasteiger partial charge in [0.25, 0.3) is 0 Å². The molecule has 0 unspecified atom stereocenters. The lowest BCUT2D eigenvalue weighted by atomic mass is 9.74. The van der Waals surface area contributed by atoms with E-state index in [9.17, 15) is 4.79 Å². The molecule has 3 heteroatoms. The van der Waals surface area contributed by atoms with Gasteiger partial charge in [0.05, 0.1) is 0 Å². The third-order valence-corrected chi connectivity index (χ3v) is 6.67. The molecule has 1 N–H and O–H groups in total. The Morgan fingerprint density at radius 3 is 2.30 bits per heavy atom. The van der Waals surface area contributed by atoms with Crippen LogP contribution in [0.3, 0.4) is 0 Å². The number of amides is 1. The van der Waals surface area contributed by atoms with Crippen molar-refractivity contribution in [3.05, 3.63) is 96.1 Å². The Balaban J connectivity index is 1.52. The summed E-state index contributed by atoms with van der Waals surface area (Å²) in [4.78, 5) is 14.9. The van der Waals surface area contributed by atoms with Crippen molar-refractivity contribution in [1.29, 1.82) is 0 Å². The first-order valence-corrected chi connectivity index (χ1v) is 10.5. The molecular weight excluding hydrogens is 368 g/mol. The molecule has 1 atom stereocenters. The Bertz CT molecular complexity index is 1120. The van der Waals surface area contributed by atoms with Crippen molar-refractivity contribution in [3.8, 4) is 11.1 Å². The Morgan fingerprint density at radius 1 is 0.867 bits per heavy atom. The predicted octanol–water partition coefficient (Wildman–Crippen LogP) is 5.38. The Hall–Kier alpha value is -3.33. The molecule has 0 aliphatic carbocycles. The molecule has 0 radical (unpaired) electrons. The minimum Gasteiger partial charge on any atom is -0.344 e. The summed E-state index contributed by atoms with van der Waals surface area (Å²) in [5, 5.41) is 3.34. The van der Waals surface area contributed by atoms with E-state index in [1.807, 2.05) is 6.07 Å². The maximum absolute atomic E-state index is 12.5. The van der Waals surface area contributed by atoms with Crippen LogP contribution in [0.2, 0.25) is 0 Å². The van der Waals surface area contributed by atoms with Crippen LogP contribution < -0.4 is 10.2 Å². The summed E-state index contributed by atoms with van der Waals surface area (Å²) >= 11 is 0. The van der Waals surface area contributed by atoms with Crippen LogP contribution >= 0.6 is 0 Å². The van der Waals surface area contributed by atoms with E-state index in [1.165, 1.54) is 22.4 Å². The minimum atomic E-state index is -0.565. The number of carbonyl (C=O) groups excluding carboxylic acids is 1. The Labute approximate surface area is 178 Å². The highest BCUT2D eigenvalue weighted by Crippen LogP contribution is 2.52. The fourth-order valence-electron chi connectivity index (χ4n) is 4.95. The summed E-state index contributed by atoms with van der Waals surface area (Å²) in [6, 6.07) is 27.5. The van der Waals surface area contributed by atoms with Crippen LogP contribution in [0, 0.1) is 0 Å². The minimum absolute atomic E-state index is 0.108. The molecule has 3 nitrogen and oxygen atoms in total. The highest BCUT2D eigenvalue weighted by Gasteiger charge is 2.57. The summed E-state index contributed by atoms with van der Waals surface area (Å²) < 4.78 is 0. The first kappa shape index (κ1) is 18.7. The number of nitrogens with one attached hydrogen (secondary N) is 1. The molecule has 0 spiro atoms. The lowest BCUT2D eigenvalue weighted by Gasteiger charge is -2.49. The van der Waals surface area contributed by atoms with E-state index in [1.54, 1.807) is 0 Å². The SMILES string of the molecule is CC1(C)c2ccccc2N2CCC(=O)N[C@@]21/C=C/c1ccc(-c2ccccc2)cc1. The average Bonchev–Trinajstić information content (AvgIpc) is 2.97. The van der Waals surface area contributed by atoms with Crippen LogP contribution in [-0.4, -0.2) is 18.1 Å². The van der Waals surface area contributed by atoms with Crippen molar-refractivity contribution in [1.82, 2.24) is 5.32 Å². The summed E-state index contributed by atoms with van der Waals surface area (Å²) in [6.07, 6.45) is 4.84. The zero-order valence-corrected chi connectivity index (χ0v) is 17.4. The second-order valence-electron chi connectivity index (χ2n) is 8.68. The van der Waals surface area contributed by atoms with Crippen LogP contribution in [0.15, 0.2) is 84.9 Å². The van der Waals surface area contributed by atoms with Crippen molar-refractivity contribution >= 4 is 17.7 Å². The second-order valence-corrected chi connectivity index (χ2v) is 8.68. The molecule has 5 rings (SSSR count). The van der Waals surface area contributed by atoms with Gasteiger partial charge in [-0.3, -0.25) is 4.79 Å². The number of fused-ring (bicyclic) bond motifs is 3. The number of para-hydroxylation sites is 1. The van der Waals surface area contributed by atoms with Crippen LogP contribution in [-0.2, 0) is 10.2 Å². The summed E-state index contributed by atoms with van der Waals surface area (Å²) in [5.74, 6) is 0.108. The average molecular weight is 395 g/mol. The topological polar surface area (TPSA) is 32.3 Å². The van der Waals surface area contributed by atoms with E-state index < -0.39 is 5.66 Å². The van der Waals surface area contributed by atoms with Gasteiger partial charge in [0.2, 0.25) is 5.91 Å². The highest BCUT2D eigenvalue weighted by molar-refractivity contribution is 5.84. The molecule has 3 aromatic rings. The first-order chi connectivity index (χ1) is 14.5. The fourth-order valence-corrected chi connectivity index (χ4v) is 4.95. The van der Waals surface area contributed by atoms with Crippen LogP contribution in [0.4, 0.5) is 5.69 Å². The summed E-state index contributed by atoms with van der Waals surface area (Å²) in [6.45, 7) is 5.17. The van der Waals surface area contributed by atoms with Crippen LogP contribution in [0.5, 0.6) is 0 Å². The normalized spacial score (nSPS) is 21.9.